The van der Waals surface area contributed by atoms with Crippen molar-refractivity contribution in [2.45, 2.75) is 25.5 Å². The van der Waals surface area contributed by atoms with Crippen LogP contribution in [0.3, 0.4) is 0 Å². The molecule has 2 aromatic rings. The highest BCUT2D eigenvalue weighted by molar-refractivity contribution is 5.76. The number of rotatable bonds is 6. The van der Waals surface area contributed by atoms with Gasteiger partial charge in [-0.05, 0) is 31.0 Å². The highest BCUT2D eigenvalue weighted by atomic mass is 16.5. The Balaban J connectivity index is 1.74. The molecule has 1 aliphatic rings. The standard InChI is InChI=1S/C15H16N2O3/c1-19-15-6-11(8-18)2-5-14(15)20-9-13-7-16-10-17(13)12-3-4-12/h2,5-8,10,12H,3-4,9H2,1H3. The van der Waals surface area contributed by atoms with Gasteiger partial charge in [0.25, 0.3) is 0 Å². The fourth-order valence-electron chi connectivity index (χ4n) is 2.15. The second kappa shape index (κ2) is 5.36. The van der Waals surface area contributed by atoms with Crippen LogP contribution in [-0.4, -0.2) is 22.9 Å². The third kappa shape index (κ3) is 2.52. The van der Waals surface area contributed by atoms with Gasteiger partial charge in [-0.25, -0.2) is 4.98 Å². The Morgan fingerprint density at radius 1 is 1.40 bits per heavy atom. The van der Waals surface area contributed by atoms with Crippen LogP contribution in [0.15, 0.2) is 30.7 Å². The van der Waals surface area contributed by atoms with Gasteiger partial charge in [-0.3, -0.25) is 4.79 Å². The molecule has 0 bridgehead atoms. The number of imidazole rings is 1. The number of aldehydes is 1. The van der Waals surface area contributed by atoms with Crippen LogP contribution in [0.2, 0.25) is 0 Å². The topological polar surface area (TPSA) is 53.4 Å². The molecule has 0 saturated heterocycles. The van der Waals surface area contributed by atoms with Gasteiger partial charge in [0.1, 0.15) is 12.9 Å². The highest BCUT2D eigenvalue weighted by Crippen LogP contribution is 2.36. The number of aromatic nitrogens is 2. The van der Waals surface area contributed by atoms with Crippen molar-refractivity contribution in [2.75, 3.05) is 7.11 Å². The van der Waals surface area contributed by atoms with E-state index in [-0.39, 0.29) is 0 Å². The lowest BCUT2D eigenvalue weighted by atomic mass is 10.2. The summed E-state index contributed by atoms with van der Waals surface area (Å²) in [7, 11) is 1.56. The summed E-state index contributed by atoms with van der Waals surface area (Å²) in [6, 6.07) is 5.71. The number of carbonyl (C=O) groups is 1. The lowest BCUT2D eigenvalue weighted by Gasteiger charge is -2.12. The van der Waals surface area contributed by atoms with E-state index in [1.54, 1.807) is 25.3 Å². The Morgan fingerprint density at radius 3 is 2.95 bits per heavy atom. The molecule has 0 spiro atoms. The lowest BCUT2D eigenvalue weighted by Crippen LogP contribution is -2.04. The quantitative estimate of drug-likeness (QED) is 0.758. The first-order valence-corrected chi connectivity index (χ1v) is 6.58. The summed E-state index contributed by atoms with van der Waals surface area (Å²) in [6.45, 7) is 0.438. The fourth-order valence-corrected chi connectivity index (χ4v) is 2.15. The molecule has 1 aromatic heterocycles. The molecule has 20 heavy (non-hydrogen) atoms. The third-order valence-corrected chi connectivity index (χ3v) is 3.39. The fraction of sp³-hybridized carbons (Fsp3) is 0.333. The largest absolute Gasteiger partial charge is 0.493 e. The van der Waals surface area contributed by atoms with Gasteiger partial charge in [-0.2, -0.15) is 0 Å². The summed E-state index contributed by atoms with van der Waals surface area (Å²) in [4.78, 5) is 14.9. The first-order valence-electron chi connectivity index (χ1n) is 6.58. The Kier molecular flexibility index (Phi) is 3.41. The van der Waals surface area contributed by atoms with Gasteiger partial charge in [0.15, 0.2) is 11.5 Å². The molecule has 0 aliphatic heterocycles. The van der Waals surface area contributed by atoms with Gasteiger partial charge >= 0.3 is 0 Å². The van der Waals surface area contributed by atoms with Crippen molar-refractivity contribution in [1.82, 2.24) is 9.55 Å². The van der Waals surface area contributed by atoms with Crippen molar-refractivity contribution in [3.63, 3.8) is 0 Å². The lowest BCUT2D eigenvalue weighted by molar-refractivity contribution is 0.112. The van der Waals surface area contributed by atoms with Crippen LogP contribution in [0, 0.1) is 0 Å². The van der Waals surface area contributed by atoms with E-state index in [4.69, 9.17) is 9.47 Å². The summed E-state index contributed by atoms with van der Waals surface area (Å²) in [5.41, 5.74) is 1.62. The summed E-state index contributed by atoms with van der Waals surface area (Å²) >= 11 is 0. The molecular weight excluding hydrogens is 256 g/mol. The van der Waals surface area contributed by atoms with Crippen molar-refractivity contribution in [3.8, 4) is 11.5 Å². The maximum absolute atomic E-state index is 10.7. The molecule has 0 unspecified atom stereocenters. The molecule has 1 aromatic carbocycles. The molecule has 1 fully saturated rings. The normalized spacial score (nSPS) is 14.1. The van der Waals surface area contributed by atoms with E-state index in [2.05, 4.69) is 9.55 Å². The minimum atomic E-state index is 0.438. The van der Waals surface area contributed by atoms with Gasteiger partial charge in [0.2, 0.25) is 0 Å². The molecule has 0 N–H and O–H groups in total. The molecule has 1 heterocycles. The van der Waals surface area contributed by atoms with Crippen molar-refractivity contribution in [3.05, 3.63) is 42.0 Å². The van der Waals surface area contributed by atoms with E-state index in [0.717, 1.165) is 12.0 Å². The molecule has 1 aliphatic carbocycles. The zero-order valence-corrected chi connectivity index (χ0v) is 11.3. The summed E-state index contributed by atoms with van der Waals surface area (Å²) in [5, 5.41) is 0. The number of benzene rings is 1. The third-order valence-electron chi connectivity index (χ3n) is 3.39. The Hall–Kier alpha value is -2.30. The molecule has 0 atom stereocenters. The van der Waals surface area contributed by atoms with Gasteiger partial charge < -0.3 is 14.0 Å². The van der Waals surface area contributed by atoms with Crippen molar-refractivity contribution < 1.29 is 14.3 Å². The van der Waals surface area contributed by atoms with Crippen molar-refractivity contribution >= 4 is 6.29 Å². The summed E-state index contributed by atoms with van der Waals surface area (Å²) in [6.07, 6.45) is 6.88. The van der Waals surface area contributed by atoms with E-state index < -0.39 is 0 Å². The number of hydrogen-bond acceptors (Lipinski definition) is 4. The maximum atomic E-state index is 10.7. The monoisotopic (exact) mass is 272 g/mol. The van der Waals surface area contributed by atoms with Gasteiger partial charge in [0.05, 0.1) is 25.3 Å². The minimum absolute atomic E-state index is 0.438. The molecule has 3 rings (SSSR count). The number of nitrogens with zero attached hydrogens (tertiary/aromatic N) is 2. The molecule has 1 saturated carbocycles. The number of carbonyl (C=O) groups excluding carboxylic acids is 1. The van der Waals surface area contributed by atoms with Crippen LogP contribution in [0.25, 0.3) is 0 Å². The van der Waals surface area contributed by atoms with Crippen LogP contribution < -0.4 is 9.47 Å². The second-order valence-corrected chi connectivity index (χ2v) is 4.84. The predicted molar refractivity (Wildman–Crippen MR) is 73.2 cm³/mol. The predicted octanol–water partition coefficient (Wildman–Crippen LogP) is 2.62. The van der Waals surface area contributed by atoms with Crippen molar-refractivity contribution in [2.24, 2.45) is 0 Å². The smallest absolute Gasteiger partial charge is 0.161 e. The first kappa shape index (κ1) is 12.7. The molecule has 0 amide bonds. The van der Waals surface area contributed by atoms with Crippen LogP contribution in [0.1, 0.15) is 34.9 Å². The molecule has 5 nitrogen and oxygen atoms in total. The summed E-state index contributed by atoms with van der Waals surface area (Å²) < 4.78 is 13.2. The maximum Gasteiger partial charge on any atom is 0.161 e. The molecule has 104 valence electrons. The number of ether oxygens (including phenoxy) is 2. The Bertz CT molecular complexity index is 617. The molecule has 0 radical (unpaired) electrons. The zero-order chi connectivity index (χ0) is 13.9. The van der Waals surface area contributed by atoms with Crippen LogP contribution in [0.4, 0.5) is 0 Å². The SMILES string of the molecule is COc1cc(C=O)ccc1OCc1cncn1C1CC1. The van der Waals surface area contributed by atoms with E-state index in [1.807, 2.05) is 12.5 Å². The van der Waals surface area contributed by atoms with Gasteiger partial charge in [0, 0.05) is 11.6 Å². The van der Waals surface area contributed by atoms with Crippen LogP contribution in [-0.2, 0) is 6.61 Å². The van der Waals surface area contributed by atoms with Crippen LogP contribution >= 0.6 is 0 Å². The van der Waals surface area contributed by atoms with Gasteiger partial charge in [-0.15, -0.1) is 0 Å². The highest BCUT2D eigenvalue weighted by Gasteiger charge is 2.25. The number of hydrogen-bond donors (Lipinski definition) is 0. The van der Waals surface area contributed by atoms with Crippen LogP contribution in [0.5, 0.6) is 11.5 Å². The molecule has 5 heteroatoms. The number of methoxy groups -OCH3 is 1. The van der Waals surface area contributed by atoms with Crippen molar-refractivity contribution in [1.29, 1.82) is 0 Å². The van der Waals surface area contributed by atoms with E-state index in [0.29, 0.717) is 29.7 Å². The van der Waals surface area contributed by atoms with E-state index >= 15 is 0 Å². The van der Waals surface area contributed by atoms with Gasteiger partial charge in [-0.1, -0.05) is 0 Å². The van der Waals surface area contributed by atoms with E-state index in [1.165, 1.54) is 12.8 Å². The van der Waals surface area contributed by atoms with E-state index in [9.17, 15) is 4.79 Å². The molecular formula is C15H16N2O3. The minimum Gasteiger partial charge on any atom is -0.493 e. The zero-order valence-electron chi connectivity index (χ0n) is 11.3. The average Bonchev–Trinajstić information content (AvgIpc) is 3.23. The Labute approximate surface area is 117 Å². The summed E-state index contributed by atoms with van der Waals surface area (Å²) in [5.74, 6) is 1.19. The first-order chi connectivity index (χ1) is 9.81. The Morgan fingerprint density at radius 2 is 2.25 bits per heavy atom. The second-order valence-electron chi connectivity index (χ2n) is 4.84. The average molecular weight is 272 g/mol.